The monoisotopic (exact) mass is 794 g/mol. The van der Waals surface area contributed by atoms with Gasteiger partial charge in [-0.25, -0.2) is 14.4 Å². The van der Waals surface area contributed by atoms with E-state index >= 15 is 0 Å². The van der Waals surface area contributed by atoms with E-state index in [9.17, 15) is 49.8 Å². The second-order valence-electron chi connectivity index (χ2n) is 19.9. The molecule has 0 aromatic heterocycles. The molecule has 1 heterocycles. The molecule has 1 aliphatic heterocycles. The predicted octanol–water partition coefficient (Wildman–Crippen LogP) is 4.05. The number of hydrogen-bond acceptors (Lipinski definition) is 11. The van der Waals surface area contributed by atoms with Gasteiger partial charge >= 0.3 is 23.9 Å². The maximum atomic E-state index is 13.0. The van der Waals surface area contributed by atoms with Crippen molar-refractivity contribution in [2.24, 2.45) is 50.2 Å². The Morgan fingerprint density at radius 1 is 0.857 bits per heavy atom. The predicted molar refractivity (Wildman–Crippen MR) is 196 cm³/mol. The fourth-order valence-electron chi connectivity index (χ4n) is 12.9. The first kappa shape index (κ1) is 42.9. The summed E-state index contributed by atoms with van der Waals surface area (Å²) in [6.07, 6.45) is -4.44. The van der Waals surface area contributed by atoms with Crippen LogP contribution < -0.4 is 0 Å². The molecule has 5 fully saturated rings. The maximum absolute atomic E-state index is 13.0. The molecule has 0 amide bonds. The first-order chi connectivity index (χ1) is 25.9. The van der Waals surface area contributed by atoms with Crippen molar-refractivity contribution in [1.29, 1.82) is 0 Å². The summed E-state index contributed by atoms with van der Waals surface area (Å²) in [4.78, 5) is 48.0. The van der Waals surface area contributed by atoms with Gasteiger partial charge in [0.1, 0.15) is 24.9 Å². The number of carboxylic acids is 4. The maximum Gasteiger partial charge on any atom is 0.337 e. The lowest BCUT2D eigenvalue weighted by Gasteiger charge is -2.71. The molecule has 6 rings (SSSR count). The Kier molecular flexibility index (Phi) is 11.2. The molecule has 0 unspecified atom stereocenters. The average Bonchev–Trinajstić information content (AvgIpc) is 3.09. The van der Waals surface area contributed by atoms with Crippen LogP contribution in [0.3, 0.4) is 0 Å². The lowest BCUT2D eigenvalue weighted by molar-refractivity contribution is -0.345. The minimum absolute atomic E-state index is 0.000609. The van der Waals surface area contributed by atoms with Crippen LogP contribution in [0.5, 0.6) is 0 Å². The number of rotatable bonds is 11. The van der Waals surface area contributed by atoms with Crippen LogP contribution in [-0.4, -0.2) is 115 Å². The molecule has 7 N–H and O–H groups in total. The molecular weight excluding hydrogens is 732 g/mol. The number of allylic oxidation sites excluding steroid dienone is 2. The molecule has 15 nitrogen and oxygen atoms in total. The van der Waals surface area contributed by atoms with Crippen LogP contribution in [0.2, 0.25) is 0 Å². The van der Waals surface area contributed by atoms with E-state index in [4.69, 9.17) is 24.1 Å². The molecule has 316 valence electrons. The van der Waals surface area contributed by atoms with Crippen LogP contribution in [0.1, 0.15) is 113 Å². The second-order valence-corrected chi connectivity index (χ2v) is 19.9. The first-order valence-corrected chi connectivity index (χ1v) is 20.1. The van der Waals surface area contributed by atoms with Gasteiger partial charge in [0, 0.05) is 0 Å². The topological polar surface area (TPSA) is 247 Å². The van der Waals surface area contributed by atoms with Gasteiger partial charge in [0.25, 0.3) is 0 Å². The number of aliphatic carboxylic acids is 4. The Bertz CT molecular complexity index is 1610. The number of ether oxygens (including phenoxy) is 4. The average molecular weight is 795 g/mol. The number of aliphatic hydroxyl groups excluding tert-OH is 3. The van der Waals surface area contributed by atoms with Gasteiger partial charge in [-0.05, 0) is 109 Å². The Morgan fingerprint density at radius 3 is 2.12 bits per heavy atom. The van der Waals surface area contributed by atoms with Crippen molar-refractivity contribution in [1.82, 2.24) is 0 Å². The lowest BCUT2D eigenvalue weighted by Crippen LogP contribution is -2.66. The van der Waals surface area contributed by atoms with Gasteiger partial charge in [0.05, 0.1) is 11.5 Å². The molecule has 6 aliphatic rings. The van der Waals surface area contributed by atoms with E-state index in [0.717, 1.165) is 44.9 Å². The highest BCUT2D eigenvalue weighted by molar-refractivity contribution is 5.77. The van der Waals surface area contributed by atoms with Gasteiger partial charge in [-0.2, -0.15) is 0 Å². The van der Waals surface area contributed by atoms with E-state index in [1.807, 2.05) is 0 Å². The number of carbonyl (C=O) groups is 4. The third-order valence-electron chi connectivity index (χ3n) is 16.3. The number of hydrogen-bond donors (Lipinski definition) is 7. The fourth-order valence-corrected chi connectivity index (χ4v) is 12.9. The molecule has 5 aliphatic carbocycles. The summed E-state index contributed by atoms with van der Waals surface area (Å²) in [5, 5.41) is 71.6. The second kappa shape index (κ2) is 14.6. The van der Waals surface area contributed by atoms with E-state index in [1.54, 1.807) is 0 Å². The van der Waals surface area contributed by atoms with Crippen molar-refractivity contribution in [3.05, 3.63) is 11.6 Å². The Morgan fingerprint density at radius 2 is 1.52 bits per heavy atom. The fraction of sp³-hybridized carbons (Fsp3) is 0.854. The summed E-state index contributed by atoms with van der Waals surface area (Å²) in [6, 6.07) is 0. The Balaban J connectivity index is 1.25. The minimum Gasteiger partial charge on any atom is -0.481 e. The summed E-state index contributed by atoms with van der Waals surface area (Å²) >= 11 is 0. The molecule has 15 atom stereocenters. The van der Waals surface area contributed by atoms with Crippen LogP contribution >= 0.6 is 0 Å². The molecule has 0 aromatic carbocycles. The summed E-state index contributed by atoms with van der Waals surface area (Å²) in [5.74, 6) is -5.22. The largest absolute Gasteiger partial charge is 0.481 e. The first-order valence-electron chi connectivity index (χ1n) is 20.1. The van der Waals surface area contributed by atoms with E-state index in [2.05, 4.69) is 54.5 Å². The van der Waals surface area contributed by atoms with Crippen LogP contribution in [-0.2, 0) is 38.1 Å². The van der Waals surface area contributed by atoms with Crippen LogP contribution in [0.15, 0.2) is 11.6 Å². The zero-order chi connectivity index (χ0) is 41.6. The summed E-state index contributed by atoms with van der Waals surface area (Å²) in [6.45, 7) is 14.8. The van der Waals surface area contributed by atoms with Gasteiger partial charge in [-0.1, -0.05) is 60.1 Å². The van der Waals surface area contributed by atoms with Crippen molar-refractivity contribution in [2.75, 3.05) is 6.61 Å². The van der Waals surface area contributed by atoms with Crippen LogP contribution in [0, 0.1) is 50.2 Å². The van der Waals surface area contributed by atoms with Crippen molar-refractivity contribution in [3.63, 3.8) is 0 Å². The molecule has 0 aromatic rings. The summed E-state index contributed by atoms with van der Waals surface area (Å²) < 4.78 is 22.5. The van der Waals surface area contributed by atoms with Crippen molar-refractivity contribution in [3.8, 4) is 0 Å². The number of aliphatic hydroxyl groups is 3. The highest BCUT2D eigenvalue weighted by Crippen LogP contribution is 2.76. The zero-order valence-corrected chi connectivity index (χ0v) is 33.6. The van der Waals surface area contributed by atoms with Gasteiger partial charge in [-0.3, -0.25) is 4.79 Å². The molecule has 1 saturated heterocycles. The highest BCUT2D eigenvalue weighted by atomic mass is 16.7. The Hall–Kier alpha value is -2.66. The normalized spacial score (nSPS) is 45.0. The molecular formula is C41H62O15. The van der Waals surface area contributed by atoms with Gasteiger partial charge < -0.3 is 54.7 Å². The molecule has 0 bridgehead atoms. The molecule has 0 spiro atoms. The Labute approximate surface area is 327 Å². The van der Waals surface area contributed by atoms with Crippen molar-refractivity contribution >= 4 is 23.9 Å². The van der Waals surface area contributed by atoms with E-state index in [0.29, 0.717) is 25.2 Å². The third-order valence-corrected chi connectivity index (χ3v) is 16.3. The number of fused-ring (bicyclic) bond motifs is 7. The van der Waals surface area contributed by atoms with Crippen molar-refractivity contribution < 1.29 is 73.9 Å². The lowest BCUT2D eigenvalue weighted by atomic mass is 9.33. The third kappa shape index (κ3) is 6.70. The SMILES string of the molecule is CC1(C)CC[C@]2(C(=O)O)CC[C@]3(C)C(=CC[C@@H]4[C@@]5(C)CC[C@H](O[C@@H]6O[C@H](C(=O)O)[C@@H](O)[C@H](O[C@H](OCC(=O)O)[C@@H](O)C(=O)O)[C@H]6O)C(C)(C)[C@@H]5CC[C@]43C)[C@@H]2C1. The van der Waals surface area contributed by atoms with Gasteiger partial charge in [-0.15, -0.1) is 0 Å². The molecule has 0 radical (unpaired) electrons. The highest BCUT2D eigenvalue weighted by Gasteiger charge is 2.69. The van der Waals surface area contributed by atoms with Gasteiger partial charge in [0.2, 0.25) is 6.10 Å². The van der Waals surface area contributed by atoms with E-state index < -0.39 is 90.5 Å². The van der Waals surface area contributed by atoms with Gasteiger partial charge in [0.15, 0.2) is 18.7 Å². The van der Waals surface area contributed by atoms with Crippen LogP contribution in [0.4, 0.5) is 0 Å². The molecule has 56 heavy (non-hydrogen) atoms. The standard InChI is InChI=1S/C41H62O15/c1-36(2)14-16-41(35(51)52)17-15-39(6)20(21(41)18-36)8-9-23-38(5)12-11-24(37(3,4)22(38)10-13-40(23,39)7)54-34-27(45)29(26(44)30(56-34)32(49)50)55-33(28(46)31(47)48)53-19-25(42)43/h8,21-24,26-30,33-34,44-46H,9-19H2,1-7H3,(H,42,43)(H,47,48)(H,49,50)(H,51,52)/t21-,22-,23+,24-,26-,27+,28-,29-,30-,33-,34+,38-,39+,40+,41-/m0/s1. The van der Waals surface area contributed by atoms with E-state index in [1.165, 1.54) is 5.57 Å². The van der Waals surface area contributed by atoms with Crippen LogP contribution in [0.25, 0.3) is 0 Å². The smallest absolute Gasteiger partial charge is 0.337 e. The summed E-state index contributed by atoms with van der Waals surface area (Å²) in [7, 11) is 0. The molecule has 4 saturated carbocycles. The molecule has 15 heteroatoms. The quantitative estimate of drug-likeness (QED) is 0.0886. The summed E-state index contributed by atoms with van der Waals surface area (Å²) in [5.41, 5.74) is -0.246. The zero-order valence-electron chi connectivity index (χ0n) is 33.6. The number of carboxylic acid groups (broad SMARTS) is 4. The minimum atomic E-state index is -2.44. The van der Waals surface area contributed by atoms with Crippen molar-refractivity contribution in [2.45, 2.75) is 162 Å². The van der Waals surface area contributed by atoms with E-state index in [-0.39, 0.29) is 33.5 Å².